The lowest BCUT2D eigenvalue weighted by molar-refractivity contribution is 0.248. The van der Waals surface area contributed by atoms with Crippen molar-refractivity contribution in [1.29, 1.82) is 0 Å². The first kappa shape index (κ1) is 21.0. The third-order valence-electron chi connectivity index (χ3n) is 5.53. The molecule has 0 saturated heterocycles. The molecule has 0 heterocycles. The molecule has 2 amide bonds. The number of hydrogen-bond acceptors (Lipinski definition) is 3. The van der Waals surface area contributed by atoms with Crippen LogP contribution in [0.1, 0.15) is 50.5 Å². The number of hydrogen-bond donors (Lipinski definition) is 2. The Labute approximate surface area is 174 Å². The standard InChI is InChI=1S/C24H33N3O2/c1-4-5-16-29-23-14-7-18(8-15-23)19-6-9-21(17-19)26-24(28)25-20-10-12-22(13-11-20)27(2)3/h7-8,10-15,19,21H,4-6,9,16-17H2,1-3H3,(H2,25,26,28). The normalized spacial score (nSPS) is 18.3. The van der Waals surface area contributed by atoms with Crippen molar-refractivity contribution in [3.05, 3.63) is 54.1 Å². The molecule has 2 aromatic carbocycles. The van der Waals surface area contributed by atoms with Gasteiger partial charge in [-0.2, -0.15) is 0 Å². The van der Waals surface area contributed by atoms with E-state index in [4.69, 9.17) is 4.74 Å². The fourth-order valence-electron chi connectivity index (χ4n) is 3.78. The number of unbranched alkanes of at least 4 members (excludes halogenated alkanes) is 1. The van der Waals surface area contributed by atoms with Crippen molar-refractivity contribution in [2.75, 3.05) is 30.9 Å². The summed E-state index contributed by atoms with van der Waals surface area (Å²) in [7, 11) is 4.00. The van der Waals surface area contributed by atoms with Crippen molar-refractivity contribution in [2.24, 2.45) is 0 Å². The molecular formula is C24H33N3O2. The zero-order chi connectivity index (χ0) is 20.6. The van der Waals surface area contributed by atoms with Gasteiger partial charge in [-0.1, -0.05) is 25.5 Å². The minimum atomic E-state index is -0.132. The monoisotopic (exact) mass is 395 g/mol. The van der Waals surface area contributed by atoms with Gasteiger partial charge in [0.2, 0.25) is 0 Å². The van der Waals surface area contributed by atoms with Crippen LogP contribution in [0, 0.1) is 0 Å². The summed E-state index contributed by atoms with van der Waals surface area (Å²) in [5.41, 5.74) is 3.24. The average Bonchev–Trinajstić information content (AvgIpc) is 3.17. The molecule has 29 heavy (non-hydrogen) atoms. The van der Waals surface area contributed by atoms with Crippen LogP contribution in [-0.4, -0.2) is 32.8 Å². The van der Waals surface area contributed by atoms with Crippen LogP contribution in [-0.2, 0) is 0 Å². The summed E-state index contributed by atoms with van der Waals surface area (Å²) in [4.78, 5) is 14.4. The van der Waals surface area contributed by atoms with Crippen LogP contribution in [0.3, 0.4) is 0 Å². The van der Waals surface area contributed by atoms with Crippen LogP contribution in [0.15, 0.2) is 48.5 Å². The van der Waals surface area contributed by atoms with Gasteiger partial charge >= 0.3 is 6.03 Å². The summed E-state index contributed by atoms with van der Waals surface area (Å²) < 4.78 is 5.75. The number of urea groups is 1. The predicted molar refractivity (Wildman–Crippen MR) is 120 cm³/mol. The fraction of sp³-hybridized carbons (Fsp3) is 0.458. The lowest BCUT2D eigenvalue weighted by Crippen LogP contribution is -2.36. The Morgan fingerprint density at radius 2 is 1.79 bits per heavy atom. The Bertz CT molecular complexity index is 772. The number of nitrogens with one attached hydrogen (secondary N) is 2. The summed E-state index contributed by atoms with van der Waals surface area (Å²) in [5, 5.41) is 6.06. The van der Waals surface area contributed by atoms with Gasteiger partial charge < -0.3 is 20.3 Å². The number of nitrogens with zero attached hydrogens (tertiary/aromatic N) is 1. The van der Waals surface area contributed by atoms with Crippen molar-refractivity contribution in [2.45, 2.75) is 51.0 Å². The van der Waals surface area contributed by atoms with E-state index in [9.17, 15) is 4.79 Å². The quantitative estimate of drug-likeness (QED) is 0.589. The molecular weight excluding hydrogens is 362 g/mol. The molecule has 5 nitrogen and oxygen atoms in total. The van der Waals surface area contributed by atoms with E-state index < -0.39 is 0 Å². The second-order valence-corrected chi connectivity index (χ2v) is 8.02. The third-order valence-corrected chi connectivity index (χ3v) is 5.53. The molecule has 0 aliphatic heterocycles. The van der Waals surface area contributed by atoms with Gasteiger partial charge in [0.05, 0.1) is 6.61 Å². The summed E-state index contributed by atoms with van der Waals surface area (Å²) >= 11 is 0. The maximum Gasteiger partial charge on any atom is 0.319 e. The fourth-order valence-corrected chi connectivity index (χ4v) is 3.78. The predicted octanol–water partition coefficient (Wildman–Crippen LogP) is 5.39. The first-order valence-electron chi connectivity index (χ1n) is 10.6. The van der Waals surface area contributed by atoms with Gasteiger partial charge in [-0.3, -0.25) is 0 Å². The highest BCUT2D eigenvalue weighted by molar-refractivity contribution is 5.89. The maximum absolute atomic E-state index is 12.4. The van der Waals surface area contributed by atoms with Gasteiger partial charge in [-0.05, 0) is 73.6 Å². The number of carbonyl (C=O) groups is 1. The maximum atomic E-state index is 12.4. The van der Waals surface area contributed by atoms with Crippen LogP contribution in [0.2, 0.25) is 0 Å². The highest BCUT2D eigenvalue weighted by Gasteiger charge is 2.27. The molecule has 0 bridgehead atoms. The molecule has 1 saturated carbocycles. The van der Waals surface area contributed by atoms with Crippen LogP contribution in [0.25, 0.3) is 0 Å². The van der Waals surface area contributed by atoms with E-state index in [0.29, 0.717) is 5.92 Å². The van der Waals surface area contributed by atoms with E-state index in [0.717, 1.165) is 55.8 Å². The average molecular weight is 396 g/mol. The van der Waals surface area contributed by atoms with Crippen molar-refractivity contribution in [1.82, 2.24) is 5.32 Å². The van der Waals surface area contributed by atoms with E-state index in [2.05, 4.69) is 41.8 Å². The van der Waals surface area contributed by atoms with Crippen molar-refractivity contribution in [3.8, 4) is 5.75 Å². The number of ether oxygens (including phenoxy) is 1. The number of carbonyl (C=O) groups excluding carboxylic acids is 1. The van der Waals surface area contributed by atoms with Gasteiger partial charge in [-0.25, -0.2) is 4.79 Å². The molecule has 0 aromatic heterocycles. The molecule has 156 valence electrons. The number of benzene rings is 2. The SMILES string of the molecule is CCCCOc1ccc(C2CCC(NC(=O)Nc3ccc(N(C)C)cc3)C2)cc1. The minimum Gasteiger partial charge on any atom is -0.494 e. The highest BCUT2D eigenvalue weighted by atomic mass is 16.5. The molecule has 0 radical (unpaired) electrons. The van der Waals surface area contributed by atoms with Gasteiger partial charge in [0.1, 0.15) is 5.75 Å². The summed E-state index contributed by atoms with van der Waals surface area (Å²) in [5.74, 6) is 1.43. The van der Waals surface area contributed by atoms with Crippen LogP contribution < -0.4 is 20.3 Å². The van der Waals surface area contributed by atoms with Crippen LogP contribution in [0.4, 0.5) is 16.2 Å². The third kappa shape index (κ3) is 6.14. The first-order valence-corrected chi connectivity index (χ1v) is 10.6. The smallest absolute Gasteiger partial charge is 0.319 e. The summed E-state index contributed by atoms with van der Waals surface area (Å²) in [6.45, 7) is 2.94. The summed E-state index contributed by atoms with van der Waals surface area (Å²) in [6, 6.07) is 16.4. The Morgan fingerprint density at radius 1 is 1.07 bits per heavy atom. The highest BCUT2D eigenvalue weighted by Crippen LogP contribution is 2.35. The molecule has 2 atom stereocenters. The van der Waals surface area contributed by atoms with Gasteiger partial charge in [0.15, 0.2) is 0 Å². The van der Waals surface area contributed by atoms with E-state index in [-0.39, 0.29) is 12.1 Å². The molecule has 3 rings (SSSR count). The molecule has 2 unspecified atom stereocenters. The molecule has 1 aliphatic rings. The Balaban J connectivity index is 1.46. The topological polar surface area (TPSA) is 53.6 Å². The van der Waals surface area contributed by atoms with E-state index in [1.165, 1.54) is 5.56 Å². The van der Waals surface area contributed by atoms with Crippen molar-refractivity contribution < 1.29 is 9.53 Å². The Kier molecular flexibility index (Phi) is 7.39. The summed E-state index contributed by atoms with van der Waals surface area (Å²) in [6.07, 6.45) is 5.30. The molecule has 0 spiro atoms. The van der Waals surface area contributed by atoms with Gasteiger partial charge in [0, 0.05) is 31.5 Å². The lowest BCUT2D eigenvalue weighted by Gasteiger charge is -2.16. The molecule has 2 aromatic rings. The zero-order valence-corrected chi connectivity index (χ0v) is 17.8. The van der Waals surface area contributed by atoms with Crippen LogP contribution >= 0.6 is 0 Å². The number of anilines is 2. The molecule has 5 heteroatoms. The minimum absolute atomic E-state index is 0.132. The van der Waals surface area contributed by atoms with Crippen molar-refractivity contribution in [3.63, 3.8) is 0 Å². The Hall–Kier alpha value is -2.69. The van der Waals surface area contributed by atoms with Gasteiger partial charge in [0.25, 0.3) is 0 Å². The zero-order valence-electron chi connectivity index (χ0n) is 17.8. The second-order valence-electron chi connectivity index (χ2n) is 8.02. The second kappa shape index (κ2) is 10.2. The number of amides is 2. The van der Waals surface area contributed by atoms with E-state index in [1.54, 1.807) is 0 Å². The largest absolute Gasteiger partial charge is 0.494 e. The first-order chi connectivity index (χ1) is 14.0. The number of rotatable bonds is 8. The van der Waals surface area contributed by atoms with Gasteiger partial charge in [-0.15, -0.1) is 0 Å². The molecule has 1 aliphatic carbocycles. The van der Waals surface area contributed by atoms with Crippen LogP contribution in [0.5, 0.6) is 5.75 Å². The molecule has 2 N–H and O–H groups in total. The van der Waals surface area contributed by atoms with E-state index in [1.807, 2.05) is 43.3 Å². The molecule has 1 fully saturated rings. The lowest BCUT2D eigenvalue weighted by atomic mass is 9.97. The van der Waals surface area contributed by atoms with Crippen molar-refractivity contribution >= 4 is 17.4 Å². The Morgan fingerprint density at radius 3 is 2.45 bits per heavy atom. The van der Waals surface area contributed by atoms with E-state index >= 15 is 0 Å².